The van der Waals surface area contributed by atoms with Crippen LogP contribution in [0.4, 0.5) is 0 Å². The van der Waals surface area contributed by atoms with Gasteiger partial charge in [-0.25, -0.2) is 0 Å². The van der Waals surface area contributed by atoms with Gasteiger partial charge in [-0.3, -0.25) is 4.79 Å². The van der Waals surface area contributed by atoms with Gasteiger partial charge in [-0.2, -0.15) is 0 Å². The maximum Gasteiger partial charge on any atom is 0.305 e. The van der Waals surface area contributed by atoms with Gasteiger partial charge in [0.15, 0.2) is 0 Å². The minimum atomic E-state index is -0.145. The molecule has 0 spiro atoms. The van der Waals surface area contributed by atoms with Crippen LogP contribution in [0.2, 0.25) is 0 Å². The maximum atomic E-state index is 11.4. The van der Waals surface area contributed by atoms with Crippen molar-refractivity contribution in [3.8, 4) is 0 Å². The molecule has 0 N–H and O–H groups in total. The fraction of sp³-hybridized carbons (Fsp3) is 0.938. The van der Waals surface area contributed by atoms with Gasteiger partial charge in [0.25, 0.3) is 0 Å². The van der Waals surface area contributed by atoms with Crippen molar-refractivity contribution in [2.75, 3.05) is 60.0 Å². The van der Waals surface area contributed by atoms with Crippen molar-refractivity contribution in [1.82, 2.24) is 0 Å². The third-order valence-electron chi connectivity index (χ3n) is 2.80. The summed E-state index contributed by atoms with van der Waals surface area (Å²) in [5.74, 6) is 0.412. The molecule has 0 aliphatic heterocycles. The Bertz CT molecular complexity index is 245. The van der Waals surface area contributed by atoms with E-state index in [9.17, 15) is 4.79 Å². The Morgan fingerprint density at radius 1 is 0.818 bits per heavy atom. The highest BCUT2D eigenvalue weighted by Crippen LogP contribution is 2.01. The number of carbonyl (C=O) groups excluding carboxylic acids is 1. The first-order valence-corrected chi connectivity index (χ1v) is 8.04. The summed E-state index contributed by atoms with van der Waals surface area (Å²) in [7, 11) is 1.64. The molecule has 0 aromatic rings. The van der Waals surface area contributed by atoms with Crippen LogP contribution in [0.3, 0.4) is 0 Å². The van der Waals surface area contributed by atoms with Gasteiger partial charge < -0.3 is 23.7 Å². The average molecular weight is 320 g/mol. The summed E-state index contributed by atoms with van der Waals surface area (Å²) in [5, 5.41) is 0. The number of hydrogen-bond acceptors (Lipinski definition) is 6. The molecule has 6 heteroatoms. The Balaban J connectivity index is 3.12. The molecule has 0 rings (SSSR count). The summed E-state index contributed by atoms with van der Waals surface area (Å²) < 4.78 is 25.9. The summed E-state index contributed by atoms with van der Waals surface area (Å²) in [6, 6.07) is 0. The summed E-state index contributed by atoms with van der Waals surface area (Å²) in [5.41, 5.74) is 0. The summed E-state index contributed by atoms with van der Waals surface area (Å²) in [6.07, 6.45) is 2.00. The van der Waals surface area contributed by atoms with Crippen LogP contribution in [0.15, 0.2) is 0 Å². The number of hydrogen-bond donors (Lipinski definition) is 0. The Kier molecular flexibility index (Phi) is 16.2. The van der Waals surface area contributed by atoms with Crippen molar-refractivity contribution >= 4 is 5.97 Å². The second-order valence-corrected chi connectivity index (χ2v) is 5.34. The highest BCUT2D eigenvalue weighted by Gasteiger charge is 2.03. The average Bonchev–Trinajstić information content (AvgIpc) is 2.48. The molecule has 0 unspecified atom stereocenters. The van der Waals surface area contributed by atoms with Crippen LogP contribution in [0, 0.1) is 5.92 Å². The van der Waals surface area contributed by atoms with Gasteiger partial charge in [0.05, 0.1) is 46.2 Å². The third kappa shape index (κ3) is 17.4. The van der Waals surface area contributed by atoms with Crippen molar-refractivity contribution < 1.29 is 28.5 Å². The molecule has 0 fully saturated rings. The zero-order valence-corrected chi connectivity index (χ0v) is 14.3. The predicted octanol–water partition coefficient (Wildman–Crippen LogP) is 2.05. The zero-order chi connectivity index (χ0) is 16.5. The lowest BCUT2D eigenvalue weighted by Crippen LogP contribution is -2.12. The largest absolute Gasteiger partial charge is 0.466 e. The van der Waals surface area contributed by atoms with E-state index >= 15 is 0 Å². The van der Waals surface area contributed by atoms with E-state index in [1.165, 1.54) is 0 Å². The van der Waals surface area contributed by atoms with Crippen LogP contribution >= 0.6 is 0 Å². The van der Waals surface area contributed by atoms with Crippen LogP contribution in [0.5, 0.6) is 0 Å². The SMILES string of the molecule is COCCOCCOCCOCCCC(=O)OCCC(C)C. The molecule has 6 nitrogen and oxygen atoms in total. The van der Waals surface area contributed by atoms with Crippen LogP contribution in [-0.4, -0.2) is 65.9 Å². The van der Waals surface area contributed by atoms with E-state index in [2.05, 4.69) is 13.8 Å². The number of rotatable bonds is 16. The first-order valence-electron chi connectivity index (χ1n) is 8.04. The number of esters is 1. The predicted molar refractivity (Wildman–Crippen MR) is 84.0 cm³/mol. The molecule has 0 saturated carbocycles. The van der Waals surface area contributed by atoms with E-state index < -0.39 is 0 Å². The zero-order valence-electron chi connectivity index (χ0n) is 14.3. The lowest BCUT2D eigenvalue weighted by Gasteiger charge is -2.08. The molecule has 0 radical (unpaired) electrons. The van der Waals surface area contributed by atoms with E-state index in [1.807, 2.05) is 0 Å². The van der Waals surface area contributed by atoms with Crippen molar-refractivity contribution in [3.05, 3.63) is 0 Å². The third-order valence-corrected chi connectivity index (χ3v) is 2.80. The number of carbonyl (C=O) groups is 1. The molecule has 0 aliphatic carbocycles. The van der Waals surface area contributed by atoms with E-state index in [4.69, 9.17) is 23.7 Å². The van der Waals surface area contributed by atoms with Gasteiger partial charge in [0.2, 0.25) is 0 Å². The standard InChI is InChI=1S/C16H32O6/c1-15(2)6-8-22-16(17)5-4-7-19-11-12-21-14-13-20-10-9-18-3/h15H,4-14H2,1-3H3. The molecular formula is C16H32O6. The molecule has 22 heavy (non-hydrogen) atoms. The van der Waals surface area contributed by atoms with Gasteiger partial charge in [-0.1, -0.05) is 13.8 Å². The molecule has 132 valence electrons. The Morgan fingerprint density at radius 2 is 1.36 bits per heavy atom. The molecule has 0 amide bonds. The molecule has 0 aromatic heterocycles. The fourth-order valence-electron chi connectivity index (χ4n) is 1.48. The summed E-state index contributed by atoms with van der Waals surface area (Å²) in [4.78, 5) is 11.4. The van der Waals surface area contributed by atoms with Crippen molar-refractivity contribution in [3.63, 3.8) is 0 Å². The van der Waals surface area contributed by atoms with Crippen molar-refractivity contribution in [2.24, 2.45) is 5.92 Å². The summed E-state index contributed by atoms with van der Waals surface area (Å²) >= 11 is 0. The fourth-order valence-corrected chi connectivity index (χ4v) is 1.48. The Morgan fingerprint density at radius 3 is 1.91 bits per heavy atom. The van der Waals surface area contributed by atoms with E-state index in [-0.39, 0.29) is 5.97 Å². The number of ether oxygens (including phenoxy) is 5. The maximum absolute atomic E-state index is 11.4. The van der Waals surface area contributed by atoms with Gasteiger partial charge in [-0.05, 0) is 18.8 Å². The second kappa shape index (κ2) is 16.7. The van der Waals surface area contributed by atoms with Gasteiger partial charge >= 0.3 is 5.97 Å². The van der Waals surface area contributed by atoms with Crippen LogP contribution < -0.4 is 0 Å². The van der Waals surface area contributed by atoms with E-state index in [0.717, 1.165) is 6.42 Å². The molecule has 0 bridgehead atoms. The van der Waals surface area contributed by atoms with Crippen molar-refractivity contribution in [2.45, 2.75) is 33.1 Å². The van der Waals surface area contributed by atoms with Crippen molar-refractivity contribution in [1.29, 1.82) is 0 Å². The molecule has 0 aliphatic rings. The van der Waals surface area contributed by atoms with Crippen LogP contribution in [0.25, 0.3) is 0 Å². The monoisotopic (exact) mass is 320 g/mol. The molecule has 0 atom stereocenters. The van der Waals surface area contributed by atoms with Crippen LogP contribution in [-0.2, 0) is 28.5 Å². The normalized spacial score (nSPS) is 11.1. The Labute approximate surface area is 134 Å². The minimum absolute atomic E-state index is 0.145. The number of methoxy groups -OCH3 is 1. The highest BCUT2D eigenvalue weighted by atomic mass is 16.6. The van der Waals surface area contributed by atoms with Gasteiger partial charge in [0, 0.05) is 20.1 Å². The van der Waals surface area contributed by atoms with E-state index in [1.54, 1.807) is 7.11 Å². The smallest absolute Gasteiger partial charge is 0.305 e. The van der Waals surface area contributed by atoms with Crippen LogP contribution in [0.1, 0.15) is 33.1 Å². The van der Waals surface area contributed by atoms with Gasteiger partial charge in [-0.15, -0.1) is 0 Å². The topological polar surface area (TPSA) is 63.2 Å². The Hall–Kier alpha value is -0.690. The molecular weight excluding hydrogens is 288 g/mol. The summed E-state index contributed by atoms with van der Waals surface area (Å²) in [6.45, 7) is 8.63. The lowest BCUT2D eigenvalue weighted by atomic mass is 10.1. The second-order valence-electron chi connectivity index (χ2n) is 5.34. The molecule has 0 heterocycles. The molecule has 0 saturated heterocycles. The first kappa shape index (κ1) is 21.3. The van der Waals surface area contributed by atoms with Gasteiger partial charge in [0.1, 0.15) is 0 Å². The first-order chi connectivity index (χ1) is 10.7. The quantitative estimate of drug-likeness (QED) is 0.320. The van der Waals surface area contributed by atoms with E-state index in [0.29, 0.717) is 71.6 Å². The minimum Gasteiger partial charge on any atom is -0.466 e. The lowest BCUT2D eigenvalue weighted by molar-refractivity contribution is -0.144. The molecule has 0 aromatic carbocycles. The highest BCUT2D eigenvalue weighted by molar-refractivity contribution is 5.69.